The van der Waals surface area contributed by atoms with Crippen molar-refractivity contribution in [3.05, 3.63) is 137 Å². The van der Waals surface area contributed by atoms with Crippen LogP contribution in [0.15, 0.2) is 84.9 Å². The molecule has 4 aromatic carbocycles. The van der Waals surface area contributed by atoms with Crippen LogP contribution in [0.25, 0.3) is 0 Å². The number of amides is 2. The van der Waals surface area contributed by atoms with Crippen LogP contribution < -0.4 is 10.6 Å². The molecule has 39 heavy (non-hydrogen) atoms. The molecule has 0 atom stereocenters. The molecule has 2 amide bonds. The third-order valence-electron chi connectivity index (χ3n) is 5.63. The second kappa shape index (κ2) is 11.7. The first kappa shape index (κ1) is 27.2. The van der Waals surface area contributed by atoms with Gasteiger partial charge in [-0.15, -0.1) is 0 Å². The minimum Gasteiger partial charge on any atom is -0.322 e. The topological polar surface area (TPSA) is 144 Å². The summed E-state index contributed by atoms with van der Waals surface area (Å²) in [5.41, 5.74) is 1.80. The van der Waals surface area contributed by atoms with Crippen LogP contribution in [0.5, 0.6) is 0 Å². The van der Waals surface area contributed by atoms with Gasteiger partial charge in [0.1, 0.15) is 11.1 Å². The highest BCUT2D eigenvalue weighted by atomic mass is 35.5. The van der Waals surface area contributed by atoms with E-state index in [-0.39, 0.29) is 32.5 Å². The van der Waals surface area contributed by atoms with E-state index in [2.05, 4.69) is 10.6 Å². The second-order valence-corrected chi connectivity index (χ2v) is 9.19. The maximum Gasteiger partial charge on any atom is 0.283 e. The number of anilines is 2. The van der Waals surface area contributed by atoms with Crippen molar-refractivity contribution >= 4 is 57.8 Å². The highest BCUT2D eigenvalue weighted by Gasteiger charge is 2.22. The highest BCUT2D eigenvalue weighted by Crippen LogP contribution is 2.26. The summed E-state index contributed by atoms with van der Waals surface area (Å²) in [6, 6.07) is 21.6. The first-order valence-electron chi connectivity index (χ1n) is 11.3. The summed E-state index contributed by atoms with van der Waals surface area (Å²) in [6.45, 7) is 0. The van der Waals surface area contributed by atoms with Crippen molar-refractivity contribution in [3.8, 4) is 0 Å². The number of rotatable bonds is 8. The first-order chi connectivity index (χ1) is 18.6. The van der Waals surface area contributed by atoms with E-state index in [1.54, 1.807) is 48.5 Å². The van der Waals surface area contributed by atoms with Gasteiger partial charge in [0, 0.05) is 33.6 Å². The SMILES string of the molecule is O=C(Nc1ccc(Cc2ccc(NC(=O)c3ccc(Cl)cc3[N+](=O)[O-])cc2)cc1)c1ccc(Cl)cc1[N+](=O)[O-]. The molecule has 0 aliphatic carbocycles. The first-order valence-corrected chi connectivity index (χ1v) is 12.0. The van der Waals surface area contributed by atoms with Gasteiger partial charge in [-0.2, -0.15) is 0 Å². The number of carbonyl (C=O) groups is 2. The quantitative estimate of drug-likeness (QED) is 0.176. The van der Waals surface area contributed by atoms with Crippen LogP contribution in [0.3, 0.4) is 0 Å². The summed E-state index contributed by atoms with van der Waals surface area (Å²) >= 11 is 11.6. The maximum absolute atomic E-state index is 12.6. The Balaban J connectivity index is 1.38. The predicted molar refractivity (Wildman–Crippen MR) is 148 cm³/mol. The normalized spacial score (nSPS) is 10.5. The Morgan fingerprint density at radius 3 is 1.31 bits per heavy atom. The van der Waals surface area contributed by atoms with E-state index in [0.29, 0.717) is 17.8 Å². The minimum atomic E-state index is -0.665. The van der Waals surface area contributed by atoms with Gasteiger partial charge in [0.15, 0.2) is 0 Å². The summed E-state index contributed by atoms with van der Waals surface area (Å²) in [5.74, 6) is -1.26. The van der Waals surface area contributed by atoms with Gasteiger partial charge in [0.05, 0.1) is 9.85 Å². The Labute approximate surface area is 231 Å². The van der Waals surface area contributed by atoms with Crippen molar-refractivity contribution in [2.45, 2.75) is 6.42 Å². The van der Waals surface area contributed by atoms with E-state index >= 15 is 0 Å². The number of hydrogen-bond donors (Lipinski definition) is 2. The smallest absolute Gasteiger partial charge is 0.283 e. The number of nitrogens with zero attached hydrogens (tertiary/aromatic N) is 2. The molecule has 0 aliphatic heterocycles. The molecule has 0 spiro atoms. The Kier molecular flexibility index (Phi) is 8.18. The lowest BCUT2D eigenvalue weighted by Gasteiger charge is -2.09. The number of benzene rings is 4. The van der Waals surface area contributed by atoms with E-state index in [1.165, 1.54) is 24.3 Å². The molecule has 2 N–H and O–H groups in total. The number of halogens is 2. The van der Waals surface area contributed by atoms with Crippen LogP contribution in [0.2, 0.25) is 10.0 Å². The van der Waals surface area contributed by atoms with Crippen LogP contribution in [-0.2, 0) is 6.42 Å². The fourth-order valence-corrected chi connectivity index (χ4v) is 4.07. The molecule has 0 heterocycles. The Hall–Kier alpha value is -4.80. The molecule has 0 aliphatic rings. The standard InChI is InChI=1S/C27H18Cl2N4O6/c28-18-5-11-22(24(14-18)32(36)37)26(34)30-20-7-1-16(2-8-20)13-17-3-9-21(10-4-17)31-27(35)23-12-6-19(29)15-25(23)33(38)39/h1-12,14-15H,13H2,(H,30,34)(H,31,35). The van der Waals surface area contributed by atoms with Gasteiger partial charge in [-0.05, 0) is 66.1 Å². The van der Waals surface area contributed by atoms with Crippen molar-refractivity contribution in [1.82, 2.24) is 0 Å². The van der Waals surface area contributed by atoms with Gasteiger partial charge in [-0.25, -0.2) is 0 Å². The Morgan fingerprint density at radius 1 is 0.615 bits per heavy atom. The molecule has 0 fully saturated rings. The summed E-state index contributed by atoms with van der Waals surface area (Å²) < 4.78 is 0. The third-order valence-corrected chi connectivity index (χ3v) is 6.10. The minimum absolute atomic E-state index is 0.105. The average Bonchev–Trinajstić information content (AvgIpc) is 2.90. The lowest BCUT2D eigenvalue weighted by Crippen LogP contribution is -2.14. The van der Waals surface area contributed by atoms with Gasteiger partial charge in [0.25, 0.3) is 23.2 Å². The zero-order chi connectivity index (χ0) is 28.1. The monoisotopic (exact) mass is 564 g/mol. The molecule has 0 saturated carbocycles. The zero-order valence-electron chi connectivity index (χ0n) is 19.9. The number of hydrogen-bond acceptors (Lipinski definition) is 6. The molecule has 10 nitrogen and oxygen atoms in total. The van der Waals surface area contributed by atoms with Crippen LogP contribution in [0, 0.1) is 20.2 Å². The van der Waals surface area contributed by atoms with E-state index in [0.717, 1.165) is 23.3 Å². The summed E-state index contributed by atoms with van der Waals surface area (Å²) in [5, 5.41) is 28.1. The molecule has 0 radical (unpaired) electrons. The van der Waals surface area contributed by atoms with Crippen molar-refractivity contribution in [1.29, 1.82) is 0 Å². The van der Waals surface area contributed by atoms with Gasteiger partial charge in [-0.3, -0.25) is 29.8 Å². The number of nitro benzene ring substituents is 2. The van der Waals surface area contributed by atoms with Crippen molar-refractivity contribution in [2.75, 3.05) is 10.6 Å². The molecule has 4 aromatic rings. The molecule has 0 bridgehead atoms. The molecule has 12 heteroatoms. The van der Waals surface area contributed by atoms with Crippen LogP contribution in [0.4, 0.5) is 22.7 Å². The lowest BCUT2D eigenvalue weighted by atomic mass is 10.0. The second-order valence-electron chi connectivity index (χ2n) is 8.32. The fraction of sp³-hybridized carbons (Fsp3) is 0.0370. The number of nitrogens with one attached hydrogen (secondary N) is 2. The Morgan fingerprint density at radius 2 is 0.974 bits per heavy atom. The van der Waals surface area contributed by atoms with Crippen LogP contribution >= 0.6 is 23.2 Å². The van der Waals surface area contributed by atoms with Crippen molar-refractivity contribution in [3.63, 3.8) is 0 Å². The Bertz CT molecular complexity index is 1470. The lowest BCUT2D eigenvalue weighted by molar-refractivity contribution is -0.385. The van der Waals surface area contributed by atoms with E-state index < -0.39 is 21.7 Å². The van der Waals surface area contributed by atoms with E-state index in [1.807, 2.05) is 0 Å². The molecule has 196 valence electrons. The molecule has 0 saturated heterocycles. The summed E-state index contributed by atoms with van der Waals surface area (Å²) in [7, 11) is 0. The van der Waals surface area contributed by atoms with Crippen molar-refractivity contribution in [2.24, 2.45) is 0 Å². The molecule has 4 rings (SSSR count). The fourth-order valence-electron chi connectivity index (χ4n) is 3.74. The maximum atomic E-state index is 12.6. The largest absolute Gasteiger partial charge is 0.322 e. The molecule has 0 unspecified atom stereocenters. The molecular weight excluding hydrogens is 547 g/mol. The zero-order valence-corrected chi connectivity index (χ0v) is 21.4. The number of nitro groups is 2. The van der Waals surface area contributed by atoms with Gasteiger partial charge < -0.3 is 10.6 Å². The van der Waals surface area contributed by atoms with E-state index in [9.17, 15) is 29.8 Å². The van der Waals surface area contributed by atoms with Gasteiger partial charge >= 0.3 is 0 Å². The molecule has 0 aromatic heterocycles. The van der Waals surface area contributed by atoms with Crippen LogP contribution in [-0.4, -0.2) is 21.7 Å². The summed E-state index contributed by atoms with van der Waals surface area (Å²) in [6.07, 6.45) is 0.549. The highest BCUT2D eigenvalue weighted by molar-refractivity contribution is 6.31. The van der Waals surface area contributed by atoms with Crippen LogP contribution in [0.1, 0.15) is 31.8 Å². The van der Waals surface area contributed by atoms with E-state index in [4.69, 9.17) is 23.2 Å². The van der Waals surface area contributed by atoms with Crippen molar-refractivity contribution < 1.29 is 19.4 Å². The van der Waals surface area contributed by atoms with Gasteiger partial charge in [-0.1, -0.05) is 47.5 Å². The third kappa shape index (κ3) is 6.75. The average molecular weight is 565 g/mol. The molecular formula is C27H18Cl2N4O6. The predicted octanol–water partition coefficient (Wildman–Crippen LogP) is 6.91. The number of carbonyl (C=O) groups excluding carboxylic acids is 2. The summed E-state index contributed by atoms with van der Waals surface area (Å²) in [4.78, 5) is 46.3. The van der Waals surface area contributed by atoms with Gasteiger partial charge in [0.2, 0.25) is 0 Å².